The molecule has 1 aliphatic carbocycles. The standard InChI is InChI=1S/C20H29N7OS/c1-2-26-19(25-10-5-6-14(21)9-11-25)16(12-24-26)27(15-7-3-4-8-15)20(28)17-18(22)29-13-23-17/h3,7,12-15H,2,4-6,8-11,21-22H2,1H3/t14?,15-/m0/s1. The smallest absolute Gasteiger partial charge is 0.280 e. The van der Waals surface area contributed by atoms with Gasteiger partial charge >= 0.3 is 0 Å². The van der Waals surface area contributed by atoms with Gasteiger partial charge in [0.05, 0.1) is 17.7 Å². The first-order chi connectivity index (χ1) is 14.1. The van der Waals surface area contributed by atoms with Crippen LogP contribution in [0.15, 0.2) is 23.9 Å². The molecule has 4 rings (SSSR count). The van der Waals surface area contributed by atoms with Gasteiger partial charge in [-0.15, -0.1) is 11.3 Å². The second kappa shape index (κ2) is 8.54. The van der Waals surface area contributed by atoms with Gasteiger partial charge in [-0.05, 0) is 39.0 Å². The van der Waals surface area contributed by atoms with Gasteiger partial charge < -0.3 is 16.4 Å². The predicted molar refractivity (Wildman–Crippen MR) is 117 cm³/mol. The van der Waals surface area contributed by atoms with E-state index in [0.717, 1.165) is 63.2 Å². The van der Waals surface area contributed by atoms with E-state index in [4.69, 9.17) is 11.5 Å². The van der Waals surface area contributed by atoms with Gasteiger partial charge in [-0.3, -0.25) is 9.69 Å². The van der Waals surface area contributed by atoms with E-state index in [1.165, 1.54) is 11.3 Å². The van der Waals surface area contributed by atoms with Crippen molar-refractivity contribution in [3.05, 3.63) is 29.6 Å². The van der Waals surface area contributed by atoms with Crippen molar-refractivity contribution in [1.29, 1.82) is 0 Å². The van der Waals surface area contributed by atoms with Crippen LogP contribution >= 0.6 is 11.3 Å². The number of carbonyl (C=O) groups is 1. The number of aromatic nitrogens is 3. The molecule has 0 radical (unpaired) electrons. The minimum Gasteiger partial charge on any atom is -0.389 e. The molecule has 4 N–H and O–H groups in total. The van der Waals surface area contributed by atoms with Crippen molar-refractivity contribution in [2.75, 3.05) is 28.6 Å². The number of nitrogens with two attached hydrogens (primary N) is 2. The first-order valence-electron chi connectivity index (χ1n) is 10.4. The summed E-state index contributed by atoms with van der Waals surface area (Å²) in [5.41, 5.74) is 15.0. The van der Waals surface area contributed by atoms with E-state index in [-0.39, 0.29) is 18.0 Å². The van der Waals surface area contributed by atoms with E-state index >= 15 is 0 Å². The van der Waals surface area contributed by atoms with Crippen molar-refractivity contribution in [2.24, 2.45) is 5.73 Å². The second-order valence-corrected chi connectivity index (χ2v) is 8.55. The van der Waals surface area contributed by atoms with Crippen LogP contribution in [0.5, 0.6) is 0 Å². The Morgan fingerprint density at radius 2 is 2.21 bits per heavy atom. The number of anilines is 3. The largest absolute Gasteiger partial charge is 0.389 e. The fraction of sp³-hybridized carbons (Fsp3) is 0.550. The summed E-state index contributed by atoms with van der Waals surface area (Å²) < 4.78 is 1.98. The van der Waals surface area contributed by atoms with Gasteiger partial charge in [0.2, 0.25) is 0 Å². The van der Waals surface area contributed by atoms with Crippen molar-refractivity contribution >= 4 is 33.8 Å². The molecule has 8 nitrogen and oxygen atoms in total. The molecule has 3 heterocycles. The van der Waals surface area contributed by atoms with E-state index < -0.39 is 0 Å². The maximum Gasteiger partial charge on any atom is 0.280 e. The van der Waals surface area contributed by atoms with Crippen LogP contribution in [0.2, 0.25) is 0 Å². The Kier molecular flexibility index (Phi) is 5.86. The Balaban J connectivity index is 1.76. The predicted octanol–water partition coefficient (Wildman–Crippen LogP) is 2.62. The molecular weight excluding hydrogens is 386 g/mol. The van der Waals surface area contributed by atoms with E-state index in [2.05, 4.69) is 34.1 Å². The Labute approximate surface area is 175 Å². The SMILES string of the molecule is CCn1ncc(N(C(=O)c2ncsc2N)[C@H]2C=CCC2)c1N1CCCC(N)CC1. The number of nitrogen functional groups attached to an aromatic ring is 1. The molecule has 2 atom stereocenters. The number of allylic oxidation sites excluding steroid dienone is 1. The maximum atomic E-state index is 13.5. The summed E-state index contributed by atoms with van der Waals surface area (Å²) in [7, 11) is 0. The zero-order valence-electron chi connectivity index (χ0n) is 16.8. The molecule has 1 amide bonds. The zero-order chi connectivity index (χ0) is 20.4. The number of carbonyl (C=O) groups excluding carboxylic acids is 1. The van der Waals surface area contributed by atoms with Gasteiger partial charge in [-0.2, -0.15) is 5.10 Å². The van der Waals surface area contributed by atoms with Gasteiger partial charge in [0, 0.05) is 25.7 Å². The summed E-state index contributed by atoms with van der Waals surface area (Å²) in [6.45, 7) is 4.58. The summed E-state index contributed by atoms with van der Waals surface area (Å²) in [4.78, 5) is 22.0. The number of hydrogen-bond acceptors (Lipinski definition) is 7. The number of nitrogens with zero attached hydrogens (tertiary/aromatic N) is 5. The summed E-state index contributed by atoms with van der Waals surface area (Å²) in [6, 6.07) is 0.206. The molecule has 0 aromatic carbocycles. The summed E-state index contributed by atoms with van der Waals surface area (Å²) >= 11 is 1.29. The Morgan fingerprint density at radius 3 is 2.90 bits per heavy atom. The highest BCUT2D eigenvalue weighted by molar-refractivity contribution is 7.14. The van der Waals surface area contributed by atoms with E-state index in [0.29, 0.717) is 10.7 Å². The molecule has 1 fully saturated rings. The molecule has 9 heteroatoms. The third-order valence-electron chi connectivity index (χ3n) is 5.76. The van der Waals surface area contributed by atoms with Crippen LogP contribution in [0.1, 0.15) is 49.5 Å². The van der Waals surface area contributed by atoms with Crippen LogP contribution in [-0.2, 0) is 6.54 Å². The van der Waals surface area contributed by atoms with E-state index in [1.54, 1.807) is 5.51 Å². The van der Waals surface area contributed by atoms with Crippen LogP contribution in [0.4, 0.5) is 16.5 Å². The molecule has 1 aliphatic heterocycles. The molecule has 1 unspecified atom stereocenters. The van der Waals surface area contributed by atoms with Gasteiger partial charge in [-0.25, -0.2) is 9.67 Å². The number of hydrogen-bond donors (Lipinski definition) is 2. The first kappa shape index (κ1) is 19.9. The van der Waals surface area contributed by atoms with Crippen LogP contribution in [0, 0.1) is 0 Å². The minimum absolute atomic E-state index is 0.0221. The lowest BCUT2D eigenvalue weighted by Crippen LogP contribution is -2.40. The number of rotatable bonds is 5. The van der Waals surface area contributed by atoms with Crippen molar-refractivity contribution < 1.29 is 4.79 Å². The van der Waals surface area contributed by atoms with Crippen molar-refractivity contribution in [2.45, 2.75) is 57.7 Å². The van der Waals surface area contributed by atoms with Gasteiger partial charge in [-0.1, -0.05) is 12.2 Å². The molecule has 156 valence electrons. The Bertz CT molecular complexity index is 889. The summed E-state index contributed by atoms with van der Waals surface area (Å²) in [5, 5.41) is 5.07. The van der Waals surface area contributed by atoms with Gasteiger partial charge in [0.1, 0.15) is 10.7 Å². The number of thiazole rings is 1. The second-order valence-electron chi connectivity index (χ2n) is 7.66. The molecule has 2 aromatic rings. The minimum atomic E-state index is -0.163. The highest BCUT2D eigenvalue weighted by atomic mass is 32.1. The lowest BCUT2D eigenvalue weighted by Gasteiger charge is -2.31. The number of amides is 1. The summed E-state index contributed by atoms with van der Waals surface area (Å²) in [6.07, 6.45) is 10.9. The lowest BCUT2D eigenvalue weighted by molar-refractivity contribution is 0.0977. The average molecular weight is 416 g/mol. The van der Waals surface area contributed by atoms with Gasteiger partial charge in [0.25, 0.3) is 5.91 Å². The van der Waals surface area contributed by atoms with Crippen molar-refractivity contribution in [3.63, 3.8) is 0 Å². The average Bonchev–Trinajstić information content (AvgIpc) is 3.44. The van der Waals surface area contributed by atoms with Crippen LogP contribution in [-0.4, -0.2) is 45.8 Å². The zero-order valence-corrected chi connectivity index (χ0v) is 17.6. The topological polar surface area (TPSA) is 106 Å². The van der Waals surface area contributed by atoms with Crippen LogP contribution in [0.3, 0.4) is 0 Å². The quantitative estimate of drug-likeness (QED) is 0.727. The summed E-state index contributed by atoms with van der Waals surface area (Å²) in [5.74, 6) is 0.827. The van der Waals surface area contributed by atoms with Crippen LogP contribution < -0.4 is 21.3 Å². The highest BCUT2D eigenvalue weighted by Crippen LogP contribution is 2.36. The van der Waals surface area contributed by atoms with Gasteiger partial charge in [0.15, 0.2) is 11.5 Å². The molecule has 2 aliphatic rings. The van der Waals surface area contributed by atoms with Crippen LogP contribution in [0.25, 0.3) is 0 Å². The first-order valence-corrected chi connectivity index (χ1v) is 11.2. The lowest BCUT2D eigenvalue weighted by atomic mass is 10.1. The fourth-order valence-corrected chi connectivity index (χ4v) is 4.75. The normalized spacial score (nSPS) is 22.1. The monoisotopic (exact) mass is 415 g/mol. The van der Waals surface area contributed by atoms with Crippen molar-refractivity contribution in [3.8, 4) is 0 Å². The molecule has 0 spiro atoms. The molecule has 0 bridgehead atoms. The highest BCUT2D eigenvalue weighted by Gasteiger charge is 2.34. The molecular formula is C20H29N7OS. The maximum absolute atomic E-state index is 13.5. The molecule has 29 heavy (non-hydrogen) atoms. The van der Waals surface area contributed by atoms with Crippen molar-refractivity contribution in [1.82, 2.24) is 14.8 Å². The molecule has 1 saturated heterocycles. The molecule has 2 aromatic heterocycles. The molecule has 0 saturated carbocycles. The number of aryl methyl sites for hydroxylation is 1. The third kappa shape index (κ3) is 3.89. The van der Waals surface area contributed by atoms with E-state index in [9.17, 15) is 4.79 Å². The fourth-order valence-electron chi connectivity index (χ4n) is 4.23. The Morgan fingerprint density at radius 1 is 1.34 bits per heavy atom. The van der Waals surface area contributed by atoms with E-state index in [1.807, 2.05) is 15.8 Å². The third-order valence-corrected chi connectivity index (χ3v) is 6.42. The Hall–Kier alpha value is -2.39.